The number of hydrogen-bond acceptors (Lipinski definition) is 5. The maximum atomic E-state index is 13.2. The summed E-state index contributed by atoms with van der Waals surface area (Å²) in [6.07, 6.45) is 3.57. The van der Waals surface area contributed by atoms with Crippen LogP contribution in [-0.2, 0) is 6.42 Å². The molecule has 0 aliphatic rings. The van der Waals surface area contributed by atoms with E-state index in [0.29, 0.717) is 12.1 Å². The van der Waals surface area contributed by atoms with Gasteiger partial charge in [0.15, 0.2) is 0 Å². The number of aromatic nitrogens is 3. The molecule has 2 N–H and O–H groups in total. The van der Waals surface area contributed by atoms with E-state index >= 15 is 0 Å². The highest BCUT2D eigenvalue weighted by Crippen LogP contribution is 2.24. The summed E-state index contributed by atoms with van der Waals surface area (Å²) in [4.78, 5) is 26.8. The molecule has 154 valence electrons. The van der Waals surface area contributed by atoms with Crippen LogP contribution in [0.5, 0.6) is 0 Å². The standard InChI is InChI=1S/C23H24N4OS2/c1-15-24-21(20(30-15)14-16-8-4-3-5-9-16)23(28)27-19(12-13-29-2)22-25-17-10-6-7-11-18(17)26-22/h3-11,19H,12-14H2,1-2H3,(H,25,26)(H,27,28)/t19-/m0/s1. The van der Waals surface area contributed by atoms with Crippen molar-refractivity contribution in [2.75, 3.05) is 12.0 Å². The number of para-hydroxylation sites is 2. The summed E-state index contributed by atoms with van der Waals surface area (Å²) in [5.41, 5.74) is 3.58. The summed E-state index contributed by atoms with van der Waals surface area (Å²) < 4.78 is 0. The van der Waals surface area contributed by atoms with Crippen LogP contribution in [0.2, 0.25) is 0 Å². The predicted molar refractivity (Wildman–Crippen MR) is 125 cm³/mol. The van der Waals surface area contributed by atoms with Gasteiger partial charge in [0.25, 0.3) is 5.91 Å². The molecule has 0 bridgehead atoms. The Labute approximate surface area is 184 Å². The van der Waals surface area contributed by atoms with Crippen LogP contribution in [-0.4, -0.2) is 32.9 Å². The first-order valence-corrected chi connectivity index (χ1v) is 12.1. The first-order chi connectivity index (χ1) is 14.6. The topological polar surface area (TPSA) is 70.7 Å². The van der Waals surface area contributed by atoms with Gasteiger partial charge in [0, 0.05) is 11.3 Å². The number of carbonyl (C=O) groups excluding carboxylic acids is 1. The van der Waals surface area contributed by atoms with Gasteiger partial charge in [-0.1, -0.05) is 42.5 Å². The van der Waals surface area contributed by atoms with Crippen molar-refractivity contribution in [2.45, 2.75) is 25.8 Å². The number of H-pyrrole nitrogens is 1. The summed E-state index contributed by atoms with van der Waals surface area (Å²) in [6.45, 7) is 1.94. The van der Waals surface area contributed by atoms with Crippen LogP contribution >= 0.6 is 23.1 Å². The molecule has 0 spiro atoms. The van der Waals surface area contributed by atoms with E-state index < -0.39 is 0 Å². The number of fused-ring (bicyclic) bond motifs is 1. The van der Waals surface area contributed by atoms with Crippen molar-refractivity contribution in [2.24, 2.45) is 0 Å². The van der Waals surface area contributed by atoms with E-state index in [1.165, 1.54) is 5.56 Å². The summed E-state index contributed by atoms with van der Waals surface area (Å²) in [7, 11) is 0. The van der Waals surface area contributed by atoms with Gasteiger partial charge in [0.05, 0.1) is 22.1 Å². The fourth-order valence-corrected chi connectivity index (χ4v) is 4.86. The number of hydrogen-bond donors (Lipinski definition) is 2. The van der Waals surface area contributed by atoms with Gasteiger partial charge in [-0.15, -0.1) is 11.3 Å². The fourth-order valence-electron chi connectivity index (χ4n) is 3.42. The van der Waals surface area contributed by atoms with Gasteiger partial charge in [0.2, 0.25) is 0 Å². The van der Waals surface area contributed by atoms with Crippen molar-refractivity contribution >= 4 is 40.0 Å². The Balaban J connectivity index is 1.58. The number of amides is 1. The van der Waals surface area contributed by atoms with E-state index in [-0.39, 0.29) is 11.9 Å². The number of nitrogens with zero attached hydrogens (tertiary/aromatic N) is 2. The van der Waals surface area contributed by atoms with Gasteiger partial charge in [-0.25, -0.2) is 9.97 Å². The van der Waals surface area contributed by atoms with Gasteiger partial charge in [-0.3, -0.25) is 4.79 Å². The molecular formula is C23H24N4OS2. The molecule has 0 aliphatic heterocycles. The monoisotopic (exact) mass is 436 g/mol. The van der Waals surface area contributed by atoms with Gasteiger partial charge in [0.1, 0.15) is 11.5 Å². The van der Waals surface area contributed by atoms with Crippen LogP contribution in [0, 0.1) is 6.92 Å². The van der Waals surface area contributed by atoms with Crippen LogP contribution in [0.1, 0.15) is 44.2 Å². The molecule has 0 fully saturated rings. The van der Waals surface area contributed by atoms with Crippen molar-refractivity contribution in [3.05, 3.63) is 81.6 Å². The Kier molecular flexibility index (Phi) is 6.50. The Morgan fingerprint density at radius 2 is 1.90 bits per heavy atom. The Morgan fingerprint density at radius 3 is 2.67 bits per heavy atom. The van der Waals surface area contributed by atoms with E-state index in [1.54, 1.807) is 23.1 Å². The second-order valence-electron chi connectivity index (χ2n) is 7.11. The predicted octanol–water partition coefficient (Wildman–Crippen LogP) is 5.14. The number of thioether (sulfide) groups is 1. The fraction of sp³-hybridized carbons (Fsp3) is 0.261. The average molecular weight is 437 g/mol. The molecule has 7 heteroatoms. The quantitative estimate of drug-likeness (QED) is 0.401. The minimum Gasteiger partial charge on any atom is -0.341 e. The maximum absolute atomic E-state index is 13.2. The largest absolute Gasteiger partial charge is 0.341 e. The van der Waals surface area contributed by atoms with Crippen LogP contribution < -0.4 is 5.32 Å². The number of benzene rings is 2. The highest BCUT2D eigenvalue weighted by atomic mass is 32.2. The zero-order valence-corrected chi connectivity index (χ0v) is 18.6. The lowest BCUT2D eigenvalue weighted by Gasteiger charge is -2.16. The van der Waals surface area contributed by atoms with Crippen LogP contribution in [0.25, 0.3) is 11.0 Å². The van der Waals surface area contributed by atoms with E-state index in [0.717, 1.165) is 38.9 Å². The molecule has 0 saturated carbocycles. The highest BCUT2D eigenvalue weighted by Gasteiger charge is 2.23. The highest BCUT2D eigenvalue weighted by molar-refractivity contribution is 7.98. The van der Waals surface area contributed by atoms with Gasteiger partial charge >= 0.3 is 0 Å². The second kappa shape index (κ2) is 9.45. The number of rotatable bonds is 8. The molecular weight excluding hydrogens is 412 g/mol. The number of imidazole rings is 1. The normalized spacial score (nSPS) is 12.2. The van der Waals surface area contributed by atoms with Crippen molar-refractivity contribution in [3.8, 4) is 0 Å². The third-order valence-electron chi connectivity index (χ3n) is 4.88. The molecule has 0 radical (unpaired) electrons. The molecule has 2 aromatic heterocycles. The molecule has 2 heterocycles. The Hall–Kier alpha value is -2.64. The lowest BCUT2D eigenvalue weighted by molar-refractivity contribution is 0.0929. The molecule has 5 nitrogen and oxygen atoms in total. The summed E-state index contributed by atoms with van der Waals surface area (Å²) in [5.74, 6) is 1.57. The van der Waals surface area contributed by atoms with Crippen molar-refractivity contribution in [1.82, 2.24) is 20.3 Å². The molecule has 0 unspecified atom stereocenters. The van der Waals surface area contributed by atoms with E-state index in [2.05, 4.69) is 33.7 Å². The van der Waals surface area contributed by atoms with Crippen molar-refractivity contribution in [3.63, 3.8) is 0 Å². The smallest absolute Gasteiger partial charge is 0.271 e. The lowest BCUT2D eigenvalue weighted by Crippen LogP contribution is -2.30. The van der Waals surface area contributed by atoms with Gasteiger partial charge < -0.3 is 10.3 Å². The number of thiazole rings is 1. The zero-order valence-electron chi connectivity index (χ0n) is 17.0. The maximum Gasteiger partial charge on any atom is 0.271 e. The molecule has 4 aromatic rings. The number of aryl methyl sites for hydroxylation is 1. The summed E-state index contributed by atoms with van der Waals surface area (Å²) in [5, 5.41) is 4.08. The first-order valence-electron chi connectivity index (χ1n) is 9.88. The lowest BCUT2D eigenvalue weighted by atomic mass is 10.1. The zero-order chi connectivity index (χ0) is 20.9. The number of nitrogens with one attached hydrogen (secondary N) is 2. The van der Waals surface area contributed by atoms with Gasteiger partial charge in [-0.05, 0) is 43.0 Å². The summed E-state index contributed by atoms with van der Waals surface area (Å²) in [6, 6.07) is 17.9. The third kappa shape index (κ3) is 4.74. The van der Waals surface area contributed by atoms with E-state index in [9.17, 15) is 4.79 Å². The average Bonchev–Trinajstić information content (AvgIpc) is 3.35. The molecule has 2 aromatic carbocycles. The molecule has 0 aliphatic carbocycles. The third-order valence-corrected chi connectivity index (χ3v) is 6.50. The van der Waals surface area contributed by atoms with E-state index in [4.69, 9.17) is 4.98 Å². The second-order valence-corrected chi connectivity index (χ2v) is 9.39. The van der Waals surface area contributed by atoms with Crippen LogP contribution in [0.4, 0.5) is 0 Å². The molecule has 1 atom stereocenters. The Bertz CT molecular complexity index is 1100. The number of aromatic amines is 1. The minimum atomic E-state index is -0.191. The molecule has 30 heavy (non-hydrogen) atoms. The Morgan fingerprint density at radius 1 is 1.13 bits per heavy atom. The van der Waals surface area contributed by atoms with Gasteiger partial charge in [-0.2, -0.15) is 11.8 Å². The molecule has 0 saturated heterocycles. The van der Waals surface area contributed by atoms with E-state index in [1.807, 2.05) is 49.4 Å². The first kappa shape index (κ1) is 20.6. The SMILES string of the molecule is CSCC[C@H](NC(=O)c1nc(C)sc1Cc1ccccc1)c1nc2ccccc2[nH]1. The van der Waals surface area contributed by atoms with Crippen LogP contribution in [0.3, 0.4) is 0 Å². The van der Waals surface area contributed by atoms with Crippen LogP contribution in [0.15, 0.2) is 54.6 Å². The summed E-state index contributed by atoms with van der Waals surface area (Å²) >= 11 is 3.34. The van der Waals surface area contributed by atoms with Crippen molar-refractivity contribution in [1.29, 1.82) is 0 Å². The minimum absolute atomic E-state index is 0.142. The number of carbonyl (C=O) groups is 1. The van der Waals surface area contributed by atoms with Crippen molar-refractivity contribution < 1.29 is 4.79 Å². The molecule has 1 amide bonds. The molecule has 4 rings (SSSR count).